The van der Waals surface area contributed by atoms with Crippen LogP contribution in [-0.2, 0) is 16.6 Å². The van der Waals surface area contributed by atoms with E-state index >= 15 is 0 Å². The fraction of sp³-hybridized carbons (Fsp3) is 0.611. The highest BCUT2D eigenvalue weighted by atomic mass is 16.3. The number of aryl methyl sites for hydroxylation is 2. The van der Waals surface area contributed by atoms with Gasteiger partial charge in [-0.1, -0.05) is 46.2 Å². The number of nitrogens with one attached hydrogen (secondary N) is 1. The van der Waals surface area contributed by atoms with Crippen molar-refractivity contribution in [2.75, 3.05) is 6.54 Å². The molecule has 0 radical (unpaired) electrons. The zero-order chi connectivity index (χ0) is 16.0. The van der Waals surface area contributed by atoms with Gasteiger partial charge in [0.2, 0.25) is 5.91 Å². The number of carbonyl (C=O) groups excluding carboxylic acids is 1. The fourth-order valence-electron chi connectivity index (χ4n) is 2.32. The summed E-state index contributed by atoms with van der Waals surface area (Å²) in [6, 6.07) is 4.01. The number of aromatic hydroxyl groups is 1. The van der Waals surface area contributed by atoms with E-state index in [0.717, 1.165) is 36.1 Å². The third-order valence-electron chi connectivity index (χ3n) is 3.66. The smallest absolute Gasteiger partial charge is 0.220 e. The molecule has 0 aliphatic carbocycles. The van der Waals surface area contributed by atoms with Gasteiger partial charge in [0.05, 0.1) is 0 Å². The van der Waals surface area contributed by atoms with Crippen molar-refractivity contribution in [1.29, 1.82) is 0 Å². The van der Waals surface area contributed by atoms with Crippen LogP contribution in [-0.4, -0.2) is 17.6 Å². The normalized spacial score (nSPS) is 11.5. The lowest BCUT2D eigenvalue weighted by Gasteiger charge is -2.22. The van der Waals surface area contributed by atoms with Crippen molar-refractivity contribution in [2.45, 2.75) is 65.7 Å². The van der Waals surface area contributed by atoms with Crippen LogP contribution < -0.4 is 5.32 Å². The Kier molecular flexibility index (Phi) is 6.25. The molecular weight excluding hydrogens is 262 g/mol. The number of benzene rings is 1. The van der Waals surface area contributed by atoms with Crippen LogP contribution in [0.1, 0.15) is 63.6 Å². The number of carbonyl (C=O) groups is 1. The molecule has 3 heteroatoms. The molecule has 0 fully saturated rings. The molecule has 0 aliphatic heterocycles. The van der Waals surface area contributed by atoms with Crippen molar-refractivity contribution < 1.29 is 9.90 Å². The van der Waals surface area contributed by atoms with Crippen LogP contribution in [0.4, 0.5) is 0 Å². The molecule has 1 aromatic carbocycles. The van der Waals surface area contributed by atoms with Crippen LogP contribution in [0.25, 0.3) is 0 Å². The van der Waals surface area contributed by atoms with Crippen LogP contribution in [0, 0.1) is 6.92 Å². The van der Waals surface area contributed by atoms with Crippen molar-refractivity contribution in [2.24, 2.45) is 0 Å². The maximum atomic E-state index is 11.8. The third kappa shape index (κ3) is 5.41. The van der Waals surface area contributed by atoms with Crippen LogP contribution in [0.2, 0.25) is 0 Å². The molecule has 0 aromatic heterocycles. The summed E-state index contributed by atoms with van der Waals surface area (Å²) < 4.78 is 0. The molecule has 0 spiro atoms. The molecule has 1 rings (SSSR count). The van der Waals surface area contributed by atoms with Crippen molar-refractivity contribution in [3.63, 3.8) is 0 Å². The van der Waals surface area contributed by atoms with Gasteiger partial charge < -0.3 is 10.4 Å². The highest BCUT2D eigenvalue weighted by molar-refractivity contribution is 5.76. The molecule has 0 saturated carbocycles. The monoisotopic (exact) mass is 291 g/mol. The molecule has 0 saturated heterocycles. The predicted octanol–water partition coefficient (Wildman–Crippen LogP) is 3.85. The quantitative estimate of drug-likeness (QED) is 0.782. The van der Waals surface area contributed by atoms with E-state index in [9.17, 15) is 9.90 Å². The molecule has 0 heterocycles. The van der Waals surface area contributed by atoms with Crippen LogP contribution in [0.15, 0.2) is 12.1 Å². The maximum Gasteiger partial charge on any atom is 0.220 e. The summed E-state index contributed by atoms with van der Waals surface area (Å²) >= 11 is 0. The van der Waals surface area contributed by atoms with E-state index in [-0.39, 0.29) is 11.3 Å². The molecule has 118 valence electrons. The lowest BCUT2D eigenvalue weighted by atomic mass is 9.83. The standard InChI is InChI=1S/C18H29NO2/c1-6-7-10-19-16(20)9-8-14-11-13(2)17(21)15(12-14)18(3,4)5/h11-12,21H,6-10H2,1-5H3,(H,19,20). The first-order chi connectivity index (χ1) is 9.75. The van der Waals surface area contributed by atoms with Gasteiger partial charge in [-0.15, -0.1) is 0 Å². The summed E-state index contributed by atoms with van der Waals surface area (Å²) in [4.78, 5) is 11.8. The van der Waals surface area contributed by atoms with Crippen LogP contribution >= 0.6 is 0 Å². The van der Waals surface area contributed by atoms with E-state index in [0.29, 0.717) is 18.6 Å². The number of rotatable bonds is 6. The lowest BCUT2D eigenvalue weighted by molar-refractivity contribution is -0.121. The van der Waals surface area contributed by atoms with Gasteiger partial charge in [-0.25, -0.2) is 0 Å². The minimum Gasteiger partial charge on any atom is -0.507 e. The Labute approximate surface area is 128 Å². The average molecular weight is 291 g/mol. The van der Waals surface area contributed by atoms with E-state index < -0.39 is 0 Å². The van der Waals surface area contributed by atoms with E-state index in [2.05, 4.69) is 33.0 Å². The predicted molar refractivity (Wildman–Crippen MR) is 87.8 cm³/mol. The zero-order valence-corrected chi connectivity index (χ0v) is 14.0. The number of hydrogen-bond donors (Lipinski definition) is 2. The molecule has 0 atom stereocenters. The van der Waals surface area contributed by atoms with Gasteiger partial charge in [0, 0.05) is 13.0 Å². The Morgan fingerprint density at radius 2 is 1.95 bits per heavy atom. The van der Waals surface area contributed by atoms with Gasteiger partial charge in [-0.3, -0.25) is 4.79 Å². The zero-order valence-electron chi connectivity index (χ0n) is 14.0. The Morgan fingerprint density at radius 3 is 2.52 bits per heavy atom. The van der Waals surface area contributed by atoms with Gasteiger partial charge >= 0.3 is 0 Å². The number of unbranched alkanes of at least 4 members (excludes halogenated alkanes) is 1. The first-order valence-corrected chi connectivity index (χ1v) is 7.85. The Morgan fingerprint density at radius 1 is 1.29 bits per heavy atom. The molecule has 2 N–H and O–H groups in total. The molecule has 3 nitrogen and oxygen atoms in total. The second kappa shape index (κ2) is 7.48. The molecule has 1 aromatic rings. The molecule has 1 amide bonds. The van der Waals surface area contributed by atoms with E-state index in [1.165, 1.54) is 0 Å². The summed E-state index contributed by atoms with van der Waals surface area (Å²) in [6.45, 7) is 11.0. The van der Waals surface area contributed by atoms with Gasteiger partial charge in [0.1, 0.15) is 5.75 Å². The molecular formula is C18H29NO2. The first-order valence-electron chi connectivity index (χ1n) is 7.85. The van der Waals surface area contributed by atoms with Crippen molar-refractivity contribution in [1.82, 2.24) is 5.32 Å². The van der Waals surface area contributed by atoms with Crippen molar-refractivity contribution in [3.05, 3.63) is 28.8 Å². The lowest BCUT2D eigenvalue weighted by Crippen LogP contribution is -2.24. The van der Waals surface area contributed by atoms with Crippen LogP contribution in [0.5, 0.6) is 5.75 Å². The number of phenols is 1. The highest BCUT2D eigenvalue weighted by Crippen LogP contribution is 2.34. The Bertz CT molecular complexity index is 487. The summed E-state index contributed by atoms with van der Waals surface area (Å²) in [6.07, 6.45) is 3.32. The van der Waals surface area contributed by atoms with E-state index in [4.69, 9.17) is 0 Å². The third-order valence-corrected chi connectivity index (χ3v) is 3.66. The molecule has 0 aliphatic rings. The second-order valence-electron chi connectivity index (χ2n) is 6.76. The summed E-state index contributed by atoms with van der Waals surface area (Å²) in [5.74, 6) is 0.477. The number of phenolic OH excluding ortho intramolecular Hbond substituents is 1. The average Bonchev–Trinajstić information content (AvgIpc) is 2.39. The second-order valence-corrected chi connectivity index (χ2v) is 6.76. The first kappa shape index (κ1) is 17.5. The Balaban J connectivity index is 2.72. The van der Waals surface area contributed by atoms with Gasteiger partial charge in [0.25, 0.3) is 0 Å². The molecule has 21 heavy (non-hydrogen) atoms. The molecule has 0 unspecified atom stereocenters. The molecule has 0 bridgehead atoms. The van der Waals surface area contributed by atoms with Gasteiger partial charge in [-0.05, 0) is 41.9 Å². The van der Waals surface area contributed by atoms with Crippen molar-refractivity contribution in [3.8, 4) is 5.75 Å². The van der Waals surface area contributed by atoms with Crippen molar-refractivity contribution >= 4 is 5.91 Å². The largest absolute Gasteiger partial charge is 0.507 e. The van der Waals surface area contributed by atoms with E-state index in [1.807, 2.05) is 19.1 Å². The minimum absolute atomic E-state index is 0.103. The number of amides is 1. The van der Waals surface area contributed by atoms with E-state index in [1.54, 1.807) is 0 Å². The summed E-state index contributed by atoms with van der Waals surface area (Å²) in [7, 11) is 0. The number of hydrogen-bond acceptors (Lipinski definition) is 2. The van der Waals surface area contributed by atoms with Gasteiger partial charge in [-0.2, -0.15) is 0 Å². The van der Waals surface area contributed by atoms with Gasteiger partial charge in [0.15, 0.2) is 0 Å². The van der Waals surface area contributed by atoms with Crippen LogP contribution in [0.3, 0.4) is 0 Å². The SMILES string of the molecule is CCCCNC(=O)CCc1cc(C)c(O)c(C(C)(C)C)c1. The highest BCUT2D eigenvalue weighted by Gasteiger charge is 2.20. The minimum atomic E-state index is -0.103. The fourth-order valence-corrected chi connectivity index (χ4v) is 2.32. The Hall–Kier alpha value is -1.51. The summed E-state index contributed by atoms with van der Waals surface area (Å²) in [5, 5.41) is 13.1. The topological polar surface area (TPSA) is 49.3 Å². The summed E-state index contributed by atoms with van der Waals surface area (Å²) in [5.41, 5.74) is 2.84. The maximum absolute atomic E-state index is 11.8.